The third-order valence-corrected chi connectivity index (χ3v) is 4.14. The van der Waals surface area contributed by atoms with Crippen LogP contribution in [-0.4, -0.2) is 41.6 Å². The Morgan fingerprint density at radius 1 is 1.07 bits per heavy atom. The molecule has 1 aromatic heterocycles. The molecule has 7 nitrogen and oxygen atoms in total. The van der Waals surface area contributed by atoms with Gasteiger partial charge in [0.15, 0.2) is 17.2 Å². The first kappa shape index (κ1) is 22.6. The van der Waals surface area contributed by atoms with Crippen LogP contribution >= 0.6 is 0 Å². The third kappa shape index (κ3) is 4.65. The van der Waals surface area contributed by atoms with Crippen LogP contribution in [0.1, 0.15) is 5.56 Å². The molecule has 10 heteroatoms. The highest BCUT2D eigenvalue weighted by molar-refractivity contribution is 5.87. The highest BCUT2D eigenvalue weighted by Crippen LogP contribution is 2.34. The van der Waals surface area contributed by atoms with Crippen LogP contribution in [0.5, 0.6) is 17.2 Å². The molecule has 3 rings (SSSR count). The average Bonchev–Trinajstić information content (AvgIpc) is 2.70. The van der Waals surface area contributed by atoms with Crippen LogP contribution in [0.4, 0.5) is 13.2 Å². The van der Waals surface area contributed by atoms with Crippen molar-refractivity contribution in [3.8, 4) is 28.5 Å². The summed E-state index contributed by atoms with van der Waals surface area (Å²) < 4.78 is 42.2. The van der Waals surface area contributed by atoms with Crippen molar-refractivity contribution in [3.05, 3.63) is 52.2 Å². The number of hydrogen-bond acceptors (Lipinski definition) is 5. The number of H-pyrrole nitrogens is 1. The summed E-state index contributed by atoms with van der Waals surface area (Å²) in [6, 6.07) is 10.8. The number of nitrogens with one attached hydrogen (secondary N) is 1. The maximum Gasteiger partial charge on any atom is 0.490 e. The smallest absolute Gasteiger partial charge is 0.490 e. The normalized spacial score (nSPS) is 10.9. The van der Waals surface area contributed by atoms with Gasteiger partial charge in [0, 0.05) is 11.6 Å². The van der Waals surface area contributed by atoms with E-state index in [-0.39, 0.29) is 5.75 Å². The van der Waals surface area contributed by atoms with Gasteiger partial charge in [0.25, 0.3) is 0 Å². The lowest BCUT2D eigenvalue weighted by atomic mass is 10.0. The van der Waals surface area contributed by atoms with E-state index in [1.54, 1.807) is 12.1 Å². The number of carboxylic acids is 1. The lowest BCUT2D eigenvalue weighted by Gasteiger charge is -2.12. The molecular weight excluding hydrogens is 407 g/mol. The predicted octanol–water partition coefficient (Wildman–Crippen LogP) is 3.86. The van der Waals surface area contributed by atoms with Crippen LogP contribution in [0.25, 0.3) is 22.2 Å². The minimum absolute atomic E-state index is 0.306. The van der Waals surface area contributed by atoms with Gasteiger partial charge in [0.2, 0.25) is 5.43 Å². The molecule has 3 aromatic rings. The first-order valence-corrected chi connectivity index (χ1v) is 8.38. The van der Waals surface area contributed by atoms with Crippen molar-refractivity contribution >= 4 is 16.9 Å². The number of benzene rings is 2. The fourth-order valence-corrected chi connectivity index (χ4v) is 2.65. The molecule has 0 aliphatic carbocycles. The maximum atomic E-state index is 12.5. The van der Waals surface area contributed by atoms with Gasteiger partial charge in [-0.3, -0.25) is 4.79 Å². The van der Waals surface area contributed by atoms with E-state index >= 15 is 0 Å². The average molecular weight is 425 g/mol. The lowest BCUT2D eigenvalue weighted by Crippen LogP contribution is -2.21. The monoisotopic (exact) mass is 425 g/mol. The van der Waals surface area contributed by atoms with Crippen molar-refractivity contribution in [1.29, 1.82) is 0 Å². The van der Waals surface area contributed by atoms with Crippen molar-refractivity contribution in [1.82, 2.24) is 4.98 Å². The van der Waals surface area contributed by atoms with Crippen LogP contribution in [0, 0.1) is 6.92 Å². The molecule has 0 spiro atoms. The van der Waals surface area contributed by atoms with Gasteiger partial charge >= 0.3 is 12.1 Å². The Bertz CT molecular complexity index is 1140. The zero-order chi connectivity index (χ0) is 22.6. The van der Waals surface area contributed by atoms with Crippen LogP contribution < -0.4 is 14.9 Å². The number of fused-ring (bicyclic) bond motifs is 1. The second kappa shape index (κ2) is 8.76. The van der Waals surface area contributed by atoms with Crippen molar-refractivity contribution in [2.24, 2.45) is 0 Å². The number of alkyl halides is 3. The van der Waals surface area contributed by atoms with Gasteiger partial charge in [0.1, 0.15) is 0 Å². The number of methoxy groups -OCH3 is 2. The fourth-order valence-electron chi connectivity index (χ4n) is 2.65. The third-order valence-electron chi connectivity index (χ3n) is 4.14. The molecule has 0 saturated carbocycles. The molecule has 0 saturated heterocycles. The van der Waals surface area contributed by atoms with Crippen molar-refractivity contribution in [2.75, 3.05) is 14.2 Å². The van der Waals surface area contributed by atoms with Gasteiger partial charge in [-0.2, -0.15) is 13.2 Å². The molecule has 0 amide bonds. The Morgan fingerprint density at radius 2 is 1.60 bits per heavy atom. The number of aromatic nitrogens is 1. The van der Waals surface area contributed by atoms with Gasteiger partial charge < -0.3 is 24.7 Å². The summed E-state index contributed by atoms with van der Waals surface area (Å²) in [5.74, 6) is -2.11. The highest BCUT2D eigenvalue weighted by Gasteiger charge is 2.38. The zero-order valence-corrected chi connectivity index (χ0v) is 16.1. The molecule has 1 heterocycles. The zero-order valence-electron chi connectivity index (χ0n) is 16.1. The number of ether oxygens (including phenoxy) is 2. The van der Waals surface area contributed by atoms with E-state index < -0.39 is 17.6 Å². The molecule has 160 valence electrons. The summed E-state index contributed by atoms with van der Waals surface area (Å²) >= 11 is 0. The van der Waals surface area contributed by atoms with Crippen LogP contribution in [0.3, 0.4) is 0 Å². The second-order valence-corrected chi connectivity index (χ2v) is 6.05. The quantitative estimate of drug-likeness (QED) is 0.588. The summed E-state index contributed by atoms with van der Waals surface area (Å²) in [7, 11) is 3.03. The molecule has 0 fully saturated rings. The van der Waals surface area contributed by atoms with Crippen molar-refractivity contribution in [2.45, 2.75) is 13.1 Å². The molecule has 2 aromatic carbocycles. The van der Waals surface area contributed by atoms with Gasteiger partial charge in [-0.15, -0.1) is 0 Å². The summed E-state index contributed by atoms with van der Waals surface area (Å²) in [5, 5.41) is 17.8. The molecular formula is C20H18F3NO6. The van der Waals surface area contributed by atoms with Crippen LogP contribution in [0.15, 0.2) is 41.2 Å². The number of hydrogen-bond donors (Lipinski definition) is 3. The second-order valence-electron chi connectivity index (χ2n) is 6.05. The predicted molar refractivity (Wildman–Crippen MR) is 103 cm³/mol. The Hall–Kier alpha value is -3.69. The van der Waals surface area contributed by atoms with Gasteiger partial charge in [-0.25, -0.2) is 4.79 Å². The fraction of sp³-hybridized carbons (Fsp3) is 0.200. The van der Waals surface area contributed by atoms with Gasteiger partial charge in [-0.1, -0.05) is 24.3 Å². The number of halogens is 3. The van der Waals surface area contributed by atoms with E-state index in [9.17, 15) is 23.1 Å². The number of rotatable bonds is 3. The van der Waals surface area contributed by atoms with Gasteiger partial charge in [-0.05, 0) is 18.6 Å². The number of aliphatic carboxylic acids is 1. The number of carboxylic acid groups (broad SMARTS) is 1. The molecule has 0 radical (unpaired) electrons. The summed E-state index contributed by atoms with van der Waals surface area (Å²) in [4.78, 5) is 24.6. The number of aromatic amines is 1. The van der Waals surface area contributed by atoms with E-state index in [2.05, 4.69) is 4.98 Å². The molecule has 3 N–H and O–H groups in total. The number of pyridine rings is 1. The van der Waals surface area contributed by atoms with E-state index in [1.165, 1.54) is 14.2 Å². The van der Waals surface area contributed by atoms with E-state index in [4.69, 9.17) is 19.4 Å². The summed E-state index contributed by atoms with van der Waals surface area (Å²) in [6.45, 7) is 1.92. The molecule has 0 aliphatic heterocycles. The number of carbonyl (C=O) groups is 1. The SMILES string of the molecule is COc1cc2[nH]c(-c3ccccc3C)c(O)c(=O)c2cc1OC.O=C(O)C(F)(F)F. The highest BCUT2D eigenvalue weighted by atomic mass is 19.4. The van der Waals surface area contributed by atoms with Crippen LogP contribution in [-0.2, 0) is 4.79 Å². The lowest BCUT2D eigenvalue weighted by molar-refractivity contribution is -0.192. The minimum Gasteiger partial charge on any atom is -0.503 e. The van der Waals surface area contributed by atoms with Crippen LogP contribution in [0.2, 0.25) is 0 Å². The topological polar surface area (TPSA) is 109 Å². The van der Waals surface area contributed by atoms with E-state index in [0.29, 0.717) is 28.1 Å². The first-order chi connectivity index (χ1) is 14.0. The molecule has 0 bridgehead atoms. The van der Waals surface area contributed by atoms with E-state index in [0.717, 1.165) is 11.1 Å². The molecule has 0 atom stereocenters. The largest absolute Gasteiger partial charge is 0.503 e. The Morgan fingerprint density at radius 3 is 2.10 bits per heavy atom. The molecule has 0 unspecified atom stereocenters. The maximum absolute atomic E-state index is 12.5. The Labute approximate surface area is 168 Å². The summed E-state index contributed by atoms with van der Waals surface area (Å²) in [6.07, 6.45) is -5.08. The molecule has 30 heavy (non-hydrogen) atoms. The number of aryl methyl sites for hydroxylation is 1. The standard InChI is InChI=1S/C18H17NO4.C2HF3O2/c1-10-6-4-5-7-11(10)16-18(21)17(20)12-8-14(22-2)15(23-3)9-13(12)19-16;3-2(4,5)1(6)7/h4-9,21H,1-3H3,(H,19,20);(H,6,7). The summed E-state index contributed by atoms with van der Waals surface area (Å²) in [5.41, 5.74) is 2.26. The Balaban J connectivity index is 0.000000396. The minimum atomic E-state index is -5.08. The van der Waals surface area contributed by atoms with Crippen molar-refractivity contribution in [3.63, 3.8) is 0 Å². The molecule has 0 aliphatic rings. The van der Waals surface area contributed by atoms with Gasteiger partial charge in [0.05, 0.1) is 30.8 Å². The Kier molecular flexibility index (Phi) is 6.60. The van der Waals surface area contributed by atoms with Crippen molar-refractivity contribution < 1.29 is 37.7 Å². The first-order valence-electron chi connectivity index (χ1n) is 8.38. The van der Waals surface area contributed by atoms with E-state index in [1.807, 2.05) is 31.2 Å². The number of aromatic hydroxyl groups is 1.